The zero-order valence-corrected chi connectivity index (χ0v) is 7.28. The minimum absolute atomic E-state index is 0.727. The van der Waals surface area contributed by atoms with E-state index in [9.17, 15) is 22.5 Å². The predicted octanol–water partition coefficient (Wildman–Crippen LogP) is 1.90. The molecule has 0 aromatic heterocycles. The zero-order valence-electron chi connectivity index (χ0n) is 6.38. The number of carbonyl (C=O) groups is 1. The van der Waals surface area contributed by atoms with Crippen molar-refractivity contribution in [3.63, 3.8) is 0 Å². The highest BCUT2D eigenvalue weighted by Gasteiger charge is 2.57. The van der Waals surface area contributed by atoms with Crippen LogP contribution in [0.5, 0.6) is 0 Å². The molecule has 0 fully saturated rings. The minimum atomic E-state index is -4.80. The first-order valence-electron chi connectivity index (χ1n) is 2.88. The molecule has 0 heterocycles. The second kappa shape index (κ2) is 3.96. The third-order valence-electron chi connectivity index (χ3n) is 1.09. The standard InChI is InChI=1S/C5H7F3O3P/c1-3(9)4(5(6,7)8)12(10)11-2/h4H,1-2H3/q+1. The first kappa shape index (κ1) is 11.5. The van der Waals surface area contributed by atoms with E-state index in [0.717, 1.165) is 14.0 Å². The molecular formula is C5H7F3O3P+. The van der Waals surface area contributed by atoms with Gasteiger partial charge in [-0.1, -0.05) is 0 Å². The molecule has 2 unspecified atom stereocenters. The van der Waals surface area contributed by atoms with E-state index in [1.165, 1.54) is 0 Å². The molecule has 0 aromatic carbocycles. The summed E-state index contributed by atoms with van der Waals surface area (Å²) in [5, 5.41) is 0. The van der Waals surface area contributed by atoms with Crippen LogP contribution in [0.3, 0.4) is 0 Å². The van der Waals surface area contributed by atoms with Crippen molar-refractivity contribution in [1.29, 1.82) is 0 Å². The number of hydrogen-bond acceptors (Lipinski definition) is 3. The average Bonchev–Trinajstić information content (AvgIpc) is 1.83. The largest absolute Gasteiger partial charge is 0.528 e. The van der Waals surface area contributed by atoms with Crippen LogP contribution in [0.4, 0.5) is 13.2 Å². The Morgan fingerprint density at radius 2 is 1.92 bits per heavy atom. The number of alkyl halides is 3. The van der Waals surface area contributed by atoms with E-state index in [-0.39, 0.29) is 0 Å². The van der Waals surface area contributed by atoms with Crippen LogP contribution in [0.25, 0.3) is 0 Å². The van der Waals surface area contributed by atoms with Crippen molar-refractivity contribution in [2.24, 2.45) is 0 Å². The Hall–Kier alpha value is -0.480. The molecule has 12 heavy (non-hydrogen) atoms. The van der Waals surface area contributed by atoms with Crippen molar-refractivity contribution in [2.45, 2.75) is 18.8 Å². The third-order valence-corrected chi connectivity index (χ3v) is 2.52. The van der Waals surface area contributed by atoms with Gasteiger partial charge in [0.1, 0.15) is 0 Å². The molecule has 70 valence electrons. The lowest BCUT2D eigenvalue weighted by atomic mass is 10.3. The second-order valence-corrected chi connectivity index (χ2v) is 3.47. The Kier molecular flexibility index (Phi) is 3.80. The Morgan fingerprint density at radius 3 is 2.00 bits per heavy atom. The molecule has 2 atom stereocenters. The molecule has 0 aliphatic heterocycles. The number of rotatable bonds is 3. The first-order valence-corrected chi connectivity index (χ1v) is 4.13. The van der Waals surface area contributed by atoms with E-state index in [1.54, 1.807) is 0 Å². The van der Waals surface area contributed by atoms with Gasteiger partial charge in [0, 0.05) is 0 Å². The van der Waals surface area contributed by atoms with E-state index in [2.05, 4.69) is 4.52 Å². The van der Waals surface area contributed by atoms with Crippen molar-refractivity contribution in [2.75, 3.05) is 7.11 Å². The van der Waals surface area contributed by atoms with Gasteiger partial charge < -0.3 is 0 Å². The van der Waals surface area contributed by atoms with Gasteiger partial charge in [-0.05, 0) is 11.5 Å². The summed E-state index contributed by atoms with van der Waals surface area (Å²) in [5.41, 5.74) is -2.50. The van der Waals surface area contributed by atoms with Crippen LogP contribution in [-0.4, -0.2) is 24.7 Å². The van der Waals surface area contributed by atoms with Crippen molar-refractivity contribution in [1.82, 2.24) is 0 Å². The molecule has 0 bridgehead atoms. The molecule has 0 radical (unpaired) electrons. The van der Waals surface area contributed by atoms with Crippen molar-refractivity contribution >= 4 is 13.8 Å². The highest BCUT2D eigenvalue weighted by atomic mass is 31.1. The number of hydrogen-bond donors (Lipinski definition) is 0. The van der Waals surface area contributed by atoms with Gasteiger partial charge in [0.15, 0.2) is 5.78 Å². The third kappa shape index (κ3) is 2.87. The summed E-state index contributed by atoms with van der Waals surface area (Å²) in [5.74, 6) is -1.20. The Balaban J connectivity index is 4.68. The van der Waals surface area contributed by atoms with Crippen LogP contribution < -0.4 is 0 Å². The zero-order chi connectivity index (χ0) is 9.94. The van der Waals surface area contributed by atoms with E-state index >= 15 is 0 Å². The fourth-order valence-corrected chi connectivity index (χ4v) is 1.35. The molecule has 0 rings (SSSR count). The molecule has 0 amide bonds. The lowest BCUT2D eigenvalue weighted by Crippen LogP contribution is -2.32. The van der Waals surface area contributed by atoms with Crippen molar-refractivity contribution in [3.05, 3.63) is 0 Å². The van der Waals surface area contributed by atoms with Crippen LogP contribution in [0, 0.1) is 0 Å². The fourth-order valence-electron chi connectivity index (χ4n) is 0.604. The summed E-state index contributed by atoms with van der Waals surface area (Å²) in [4.78, 5) is 10.4. The number of Topliss-reactive ketones (excluding diaryl/α,β-unsaturated/α-hetero) is 1. The quantitative estimate of drug-likeness (QED) is 0.658. The molecule has 0 aliphatic carbocycles. The van der Waals surface area contributed by atoms with E-state index < -0.39 is 25.6 Å². The molecule has 3 nitrogen and oxygen atoms in total. The van der Waals surface area contributed by atoms with Crippen molar-refractivity contribution in [3.8, 4) is 0 Å². The molecule has 0 aliphatic rings. The predicted molar refractivity (Wildman–Crippen MR) is 35.1 cm³/mol. The van der Waals surface area contributed by atoms with Gasteiger partial charge in [0.2, 0.25) is 0 Å². The maximum Gasteiger partial charge on any atom is 0.528 e. The second-order valence-electron chi connectivity index (χ2n) is 2.02. The summed E-state index contributed by atoms with van der Waals surface area (Å²) in [6.07, 6.45) is -4.80. The van der Waals surface area contributed by atoms with Gasteiger partial charge in [-0.15, -0.1) is 4.52 Å². The summed E-state index contributed by atoms with van der Waals surface area (Å²) in [7, 11) is -2.13. The number of carbonyl (C=O) groups excluding carboxylic acids is 1. The molecule has 7 heteroatoms. The highest BCUT2D eigenvalue weighted by Crippen LogP contribution is 2.40. The Bertz CT molecular complexity index is 201. The summed E-state index contributed by atoms with van der Waals surface area (Å²) < 4.78 is 50.3. The lowest BCUT2D eigenvalue weighted by molar-refractivity contribution is -0.148. The molecule has 0 N–H and O–H groups in total. The SMILES string of the molecule is CO[P+](=O)C(C(C)=O)C(F)(F)F. The van der Waals surface area contributed by atoms with Crippen LogP contribution >= 0.6 is 8.03 Å². The summed E-state index contributed by atoms with van der Waals surface area (Å²) in [6.45, 7) is 0.727. The highest BCUT2D eigenvalue weighted by molar-refractivity contribution is 7.41. The lowest BCUT2D eigenvalue weighted by Gasteiger charge is -2.05. The normalized spacial score (nSPS) is 15.6. The van der Waals surface area contributed by atoms with E-state index in [1.807, 2.05) is 0 Å². The van der Waals surface area contributed by atoms with Crippen LogP contribution in [0.15, 0.2) is 0 Å². The Labute approximate surface area is 67.8 Å². The summed E-state index contributed by atoms with van der Waals surface area (Å²) in [6, 6.07) is 0. The Morgan fingerprint density at radius 1 is 1.50 bits per heavy atom. The molecule has 0 aromatic rings. The topological polar surface area (TPSA) is 43.4 Å². The van der Waals surface area contributed by atoms with Crippen LogP contribution in [0.1, 0.15) is 6.92 Å². The minimum Gasteiger partial charge on any atom is -0.294 e. The number of ketones is 1. The maximum absolute atomic E-state index is 11.9. The number of halogens is 3. The molecule has 0 spiro atoms. The van der Waals surface area contributed by atoms with Gasteiger partial charge in [-0.2, -0.15) is 13.2 Å². The fraction of sp³-hybridized carbons (Fsp3) is 0.800. The van der Waals surface area contributed by atoms with Crippen molar-refractivity contribution < 1.29 is 27.1 Å². The molecule has 0 saturated carbocycles. The maximum atomic E-state index is 11.9. The molecular weight excluding hydrogens is 196 g/mol. The van der Waals surface area contributed by atoms with Gasteiger partial charge in [-0.25, -0.2) is 0 Å². The van der Waals surface area contributed by atoms with E-state index in [4.69, 9.17) is 0 Å². The van der Waals surface area contributed by atoms with Gasteiger partial charge in [0.25, 0.3) is 0 Å². The van der Waals surface area contributed by atoms with Gasteiger partial charge in [0.05, 0.1) is 7.11 Å². The first-order chi connectivity index (χ1) is 5.30. The van der Waals surface area contributed by atoms with Gasteiger partial charge >= 0.3 is 19.9 Å². The average molecular weight is 203 g/mol. The van der Waals surface area contributed by atoms with Crippen LogP contribution in [-0.2, 0) is 13.9 Å². The molecule has 0 saturated heterocycles. The van der Waals surface area contributed by atoms with Gasteiger partial charge in [-0.3, -0.25) is 4.79 Å². The summed E-state index contributed by atoms with van der Waals surface area (Å²) >= 11 is 0. The monoisotopic (exact) mass is 203 g/mol. The smallest absolute Gasteiger partial charge is 0.294 e. The van der Waals surface area contributed by atoms with Crippen LogP contribution in [0.2, 0.25) is 0 Å². The van der Waals surface area contributed by atoms with E-state index in [0.29, 0.717) is 0 Å².